The highest BCUT2D eigenvalue weighted by molar-refractivity contribution is 5.63. The summed E-state index contributed by atoms with van der Waals surface area (Å²) in [5, 5.41) is 6.58. The molecule has 1 aromatic heterocycles. The molecule has 1 saturated heterocycles. The number of nitrogens with zero attached hydrogens (tertiary/aromatic N) is 3. The number of ether oxygens (including phenoxy) is 2. The Hall–Kier alpha value is -3.58. The number of nitrogens with one attached hydrogen (secondary N) is 2. The smallest absolute Gasteiger partial charge is 0.229 e. The summed E-state index contributed by atoms with van der Waals surface area (Å²) in [5.41, 5.74) is 2.70. The molecule has 2 heterocycles. The Morgan fingerprint density at radius 1 is 1.03 bits per heavy atom. The maximum atomic E-state index is 5.87. The van der Waals surface area contributed by atoms with E-state index >= 15 is 0 Å². The molecule has 0 spiro atoms. The first-order chi connectivity index (χ1) is 15.7. The lowest BCUT2D eigenvalue weighted by Gasteiger charge is -2.15. The molecular weight excluding hydrogens is 402 g/mol. The first kappa shape index (κ1) is 21.6. The van der Waals surface area contributed by atoms with Gasteiger partial charge in [-0.05, 0) is 69.3 Å². The molecule has 0 saturated carbocycles. The highest BCUT2D eigenvalue weighted by Gasteiger charge is 2.11. The summed E-state index contributed by atoms with van der Waals surface area (Å²) in [6.07, 6.45) is 5.79. The van der Waals surface area contributed by atoms with Crippen molar-refractivity contribution in [3.05, 3.63) is 73.1 Å². The molecule has 0 unspecified atom stereocenters. The van der Waals surface area contributed by atoms with E-state index in [2.05, 4.69) is 32.1 Å². The molecule has 1 aliphatic rings. The van der Waals surface area contributed by atoms with Gasteiger partial charge in [-0.2, -0.15) is 4.98 Å². The molecule has 32 heavy (non-hydrogen) atoms. The van der Waals surface area contributed by atoms with Crippen molar-refractivity contribution in [3.63, 3.8) is 0 Å². The number of likely N-dealkylation sites (tertiary alicyclic amines) is 1. The quantitative estimate of drug-likeness (QED) is 0.424. The number of aromatic nitrogens is 2. The molecule has 4 rings (SSSR count). The van der Waals surface area contributed by atoms with Gasteiger partial charge in [-0.3, -0.25) is 4.90 Å². The van der Waals surface area contributed by atoms with Gasteiger partial charge in [-0.25, -0.2) is 4.98 Å². The Bertz CT molecular complexity index is 1030. The minimum absolute atomic E-state index is 0.513. The summed E-state index contributed by atoms with van der Waals surface area (Å²) in [5.74, 6) is 2.81. The molecule has 0 radical (unpaired) electrons. The molecule has 0 atom stereocenters. The monoisotopic (exact) mass is 431 g/mol. The van der Waals surface area contributed by atoms with E-state index in [0.29, 0.717) is 18.3 Å². The number of aryl methyl sites for hydroxylation is 1. The normalized spacial score (nSPS) is 13.5. The maximum absolute atomic E-state index is 5.87. The lowest BCUT2D eigenvalue weighted by molar-refractivity contribution is 0.238. The van der Waals surface area contributed by atoms with Crippen molar-refractivity contribution >= 4 is 23.1 Å². The lowest BCUT2D eigenvalue weighted by Crippen LogP contribution is -2.25. The predicted molar refractivity (Wildman–Crippen MR) is 128 cm³/mol. The van der Waals surface area contributed by atoms with Crippen LogP contribution in [-0.4, -0.2) is 41.1 Å². The van der Waals surface area contributed by atoms with Gasteiger partial charge in [-0.15, -0.1) is 0 Å². The average Bonchev–Trinajstić information content (AvgIpc) is 3.31. The Morgan fingerprint density at radius 3 is 2.62 bits per heavy atom. The molecule has 7 heteroatoms. The van der Waals surface area contributed by atoms with Crippen molar-refractivity contribution in [2.75, 3.05) is 36.9 Å². The third-order valence-electron chi connectivity index (χ3n) is 5.27. The number of anilines is 4. The van der Waals surface area contributed by atoms with Gasteiger partial charge in [0.15, 0.2) is 0 Å². The molecule has 0 aliphatic carbocycles. The highest BCUT2D eigenvalue weighted by Crippen LogP contribution is 2.24. The first-order valence-electron chi connectivity index (χ1n) is 10.9. The van der Waals surface area contributed by atoms with Crippen LogP contribution in [0.25, 0.3) is 0 Å². The van der Waals surface area contributed by atoms with Gasteiger partial charge in [0.05, 0.1) is 6.26 Å². The number of hydrogen-bond acceptors (Lipinski definition) is 7. The van der Waals surface area contributed by atoms with Gasteiger partial charge in [0.2, 0.25) is 5.95 Å². The summed E-state index contributed by atoms with van der Waals surface area (Å²) < 4.78 is 11.2. The molecule has 7 nitrogen and oxygen atoms in total. The predicted octanol–water partition coefficient (Wildman–Crippen LogP) is 5.27. The van der Waals surface area contributed by atoms with Crippen LogP contribution in [0, 0.1) is 6.92 Å². The Balaban J connectivity index is 1.35. The van der Waals surface area contributed by atoms with Crippen LogP contribution in [0.15, 0.2) is 67.6 Å². The van der Waals surface area contributed by atoms with Crippen molar-refractivity contribution in [3.8, 4) is 11.5 Å². The molecule has 1 aliphatic heterocycles. The minimum atomic E-state index is 0.513. The van der Waals surface area contributed by atoms with Gasteiger partial charge in [-0.1, -0.05) is 12.6 Å². The van der Waals surface area contributed by atoms with Crippen molar-refractivity contribution in [2.45, 2.75) is 19.8 Å². The summed E-state index contributed by atoms with van der Waals surface area (Å²) in [6.45, 7) is 9.62. The highest BCUT2D eigenvalue weighted by atomic mass is 16.5. The number of hydrogen-bond donors (Lipinski definition) is 2. The summed E-state index contributed by atoms with van der Waals surface area (Å²) in [6, 6.07) is 15.5. The zero-order valence-electron chi connectivity index (χ0n) is 18.4. The van der Waals surface area contributed by atoms with E-state index in [9.17, 15) is 0 Å². The van der Waals surface area contributed by atoms with Crippen LogP contribution in [0.2, 0.25) is 0 Å². The van der Waals surface area contributed by atoms with E-state index < -0.39 is 0 Å². The molecule has 3 aromatic rings. The zero-order chi connectivity index (χ0) is 22.2. The fraction of sp³-hybridized carbons (Fsp3) is 0.280. The summed E-state index contributed by atoms with van der Waals surface area (Å²) in [7, 11) is 0. The number of benzene rings is 2. The van der Waals surface area contributed by atoms with Crippen LogP contribution in [0.5, 0.6) is 11.5 Å². The van der Waals surface area contributed by atoms with E-state index in [-0.39, 0.29) is 0 Å². The van der Waals surface area contributed by atoms with Crippen LogP contribution in [0.1, 0.15) is 18.4 Å². The number of rotatable bonds is 10. The van der Waals surface area contributed by atoms with E-state index in [1.54, 1.807) is 6.20 Å². The Morgan fingerprint density at radius 2 is 1.84 bits per heavy atom. The Kier molecular flexibility index (Phi) is 7.19. The molecular formula is C25H29N5O2. The molecule has 0 bridgehead atoms. The van der Waals surface area contributed by atoms with Crippen molar-refractivity contribution < 1.29 is 9.47 Å². The second-order valence-electron chi connectivity index (χ2n) is 7.71. The fourth-order valence-electron chi connectivity index (χ4n) is 3.57. The van der Waals surface area contributed by atoms with Crippen LogP contribution < -0.4 is 20.1 Å². The third-order valence-corrected chi connectivity index (χ3v) is 5.27. The van der Waals surface area contributed by atoms with E-state index in [1.807, 2.05) is 55.5 Å². The van der Waals surface area contributed by atoms with E-state index in [0.717, 1.165) is 35.1 Å². The Labute approximate surface area is 189 Å². The van der Waals surface area contributed by atoms with Crippen LogP contribution >= 0.6 is 0 Å². The van der Waals surface area contributed by atoms with Gasteiger partial charge in [0.25, 0.3) is 0 Å². The van der Waals surface area contributed by atoms with Gasteiger partial charge < -0.3 is 20.1 Å². The second-order valence-corrected chi connectivity index (χ2v) is 7.71. The fourth-order valence-corrected chi connectivity index (χ4v) is 3.57. The molecule has 2 N–H and O–H groups in total. The standard InChI is InChI=1S/C25H29N5O2/c1-3-31-23-8-6-7-21(17-23)27-24-19(2)18-26-25(29-24)28-20-9-11-22(12-10-20)32-16-15-30-13-4-5-14-30/h3,6-12,17-18H,1,4-5,13-16H2,2H3,(H2,26,27,28,29). The maximum Gasteiger partial charge on any atom is 0.229 e. The minimum Gasteiger partial charge on any atom is -0.492 e. The van der Waals surface area contributed by atoms with Gasteiger partial charge >= 0.3 is 0 Å². The molecule has 0 amide bonds. The van der Waals surface area contributed by atoms with Crippen molar-refractivity contribution in [2.24, 2.45) is 0 Å². The largest absolute Gasteiger partial charge is 0.492 e. The third kappa shape index (κ3) is 5.98. The molecule has 1 fully saturated rings. The second kappa shape index (κ2) is 10.6. The first-order valence-corrected chi connectivity index (χ1v) is 10.9. The van der Waals surface area contributed by atoms with Gasteiger partial charge in [0, 0.05) is 35.7 Å². The topological polar surface area (TPSA) is 71.5 Å². The van der Waals surface area contributed by atoms with E-state index in [4.69, 9.17) is 9.47 Å². The van der Waals surface area contributed by atoms with Crippen molar-refractivity contribution in [1.82, 2.24) is 14.9 Å². The lowest BCUT2D eigenvalue weighted by atomic mass is 10.2. The van der Waals surface area contributed by atoms with Crippen molar-refractivity contribution in [1.29, 1.82) is 0 Å². The molecule has 166 valence electrons. The van der Waals surface area contributed by atoms with Crippen LogP contribution in [-0.2, 0) is 0 Å². The zero-order valence-corrected chi connectivity index (χ0v) is 18.4. The van der Waals surface area contributed by atoms with E-state index in [1.165, 1.54) is 32.2 Å². The summed E-state index contributed by atoms with van der Waals surface area (Å²) >= 11 is 0. The summed E-state index contributed by atoms with van der Waals surface area (Å²) in [4.78, 5) is 11.5. The van der Waals surface area contributed by atoms with Gasteiger partial charge in [0.1, 0.15) is 23.9 Å². The molecule has 2 aromatic carbocycles. The SMILES string of the molecule is C=COc1cccc(Nc2nc(Nc3ccc(OCCN4CCCC4)cc3)ncc2C)c1. The average molecular weight is 432 g/mol. The van der Waals surface area contributed by atoms with Crippen LogP contribution in [0.3, 0.4) is 0 Å². The van der Waals surface area contributed by atoms with Crippen LogP contribution in [0.4, 0.5) is 23.1 Å².